The van der Waals surface area contributed by atoms with Crippen LogP contribution in [-0.4, -0.2) is 30.1 Å². The highest BCUT2D eigenvalue weighted by atomic mass is 15.2. The molecule has 4 unspecified atom stereocenters. The fourth-order valence-corrected chi connectivity index (χ4v) is 5.04. The van der Waals surface area contributed by atoms with Crippen LogP contribution < -0.4 is 5.73 Å². The molecule has 0 aromatic carbocycles. The van der Waals surface area contributed by atoms with Crippen LogP contribution in [-0.2, 0) is 0 Å². The first-order valence-corrected chi connectivity index (χ1v) is 8.94. The first-order valence-electron chi connectivity index (χ1n) is 8.94. The van der Waals surface area contributed by atoms with Gasteiger partial charge in [-0.15, -0.1) is 0 Å². The quantitative estimate of drug-likeness (QED) is 0.842. The average Bonchev–Trinajstić information content (AvgIpc) is 2.41. The van der Waals surface area contributed by atoms with E-state index < -0.39 is 0 Å². The Morgan fingerprint density at radius 1 is 1.10 bits per heavy atom. The van der Waals surface area contributed by atoms with Crippen molar-refractivity contribution in [1.82, 2.24) is 4.90 Å². The molecule has 20 heavy (non-hydrogen) atoms. The monoisotopic (exact) mass is 280 g/mol. The molecule has 0 radical (unpaired) electrons. The minimum absolute atomic E-state index is 0.551. The second-order valence-corrected chi connectivity index (χ2v) is 8.13. The first-order chi connectivity index (χ1) is 9.48. The molecule has 2 saturated carbocycles. The molecule has 2 fully saturated rings. The molecule has 0 aliphatic heterocycles. The topological polar surface area (TPSA) is 29.3 Å². The van der Waals surface area contributed by atoms with Gasteiger partial charge >= 0.3 is 0 Å². The molecule has 0 bridgehead atoms. The molecule has 2 nitrogen and oxygen atoms in total. The van der Waals surface area contributed by atoms with Gasteiger partial charge in [0.05, 0.1) is 0 Å². The van der Waals surface area contributed by atoms with Crippen LogP contribution in [0.5, 0.6) is 0 Å². The number of hydrogen-bond acceptors (Lipinski definition) is 2. The average molecular weight is 280 g/mol. The van der Waals surface area contributed by atoms with Gasteiger partial charge < -0.3 is 5.73 Å². The van der Waals surface area contributed by atoms with Crippen molar-refractivity contribution in [2.24, 2.45) is 23.0 Å². The second-order valence-electron chi connectivity index (χ2n) is 8.13. The minimum Gasteiger partial charge on any atom is -0.330 e. The predicted molar refractivity (Wildman–Crippen MR) is 87.8 cm³/mol. The Balaban J connectivity index is 2.07. The van der Waals surface area contributed by atoms with Crippen LogP contribution in [0.15, 0.2) is 0 Å². The largest absolute Gasteiger partial charge is 0.330 e. The molecule has 0 aromatic heterocycles. The van der Waals surface area contributed by atoms with E-state index >= 15 is 0 Å². The lowest BCUT2D eigenvalue weighted by Crippen LogP contribution is -2.53. The smallest absolute Gasteiger partial charge is 0.0138 e. The lowest BCUT2D eigenvalue weighted by molar-refractivity contribution is 0.00472. The summed E-state index contributed by atoms with van der Waals surface area (Å²) in [6.45, 7) is 11.8. The Labute approximate surface area is 126 Å². The van der Waals surface area contributed by atoms with E-state index in [1.54, 1.807) is 0 Å². The van der Waals surface area contributed by atoms with Gasteiger partial charge in [0.25, 0.3) is 0 Å². The van der Waals surface area contributed by atoms with Crippen molar-refractivity contribution in [3.8, 4) is 0 Å². The zero-order valence-electron chi connectivity index (χ0n) is 14.2. The van der Waals surface area contributed by atoms with Crippen LogP contribution in [0.2, 0.25) is 0 Å². The Morgan fingerprint density at radius 2 is 1.80 bits per heavy atom. The molecule has 2 aliphatic rings. The molecular formula is C18H36N2. The molecule has 118 valence electrons. The molecule has 0 aromatic rings. The van der Waals surface area contributed by atoms with Crippen LogP contribution in [0.3, 0.4) is 0 Å². The molecule has 0 spiro atoms. The van der Waals surface area contributed by atoms with Crippen molar-refractivity contribution in [2.75, 3.05) is 13.1 Å². The molecular weight excluding hydrogens is 244 g/mol. The third kappa shape index (κ3) is 3.57. The van der Waals surface area contributed by atoms with Gasteiger partial charge in [-0.1, -0.05) is 40.5 Å². The van der Waals surface area contributed by atoms with E-state index in [9.17, 15) is 0 Å². The number of hydrogen-bond donors (Lipinski definition) is 1. The lowest BCUT2D eigenvalue weighted by Gasteiger charge is -2.49. The van der Waals surface area contributed by atoms with Gasteiger partial charge in [-0.05, 0) is 62.4 Å². The van der Waals surface area contributed by atoms with Crippen LogP contribution in [0, 0.1) is 17.3 Å². The number of nitrogens with two attached hydrogens (primary N) is 1. The predicted octanol–water partition coefficient (Wildman–Crippen LogP) is 4.04. The zero-order chi connectivity index (χ0) is 14.8. The molecule has 0 saturated heterocycles. The maximum Gasteiger partial charge on any atom is 0.0138 e. The molecule has 4 atom stereocenters. The SMILES string of the molecule is CCN(C1CCC(C)(C)CC1C)C1CCCCC1CN. The maximum absolute atomic E-state index is 6.07. The van der Waals surface area contributed by atoms with Gasteiger partial charge in [0.15, 0.2) is 0 Å². The fraction of sp³-hybridized carbons (Fsp3) is 1.00. The lowest BCUT2D eigenvalue weighted by atomic mass is 9.69. The van der Waals surface area contributed by atoms with Gasteiger partial charge in [-0.2, -0.15) is 0 Å². The molecule has 2 aliphatic carbocycles. The highest BCUT2D eigenvalue weighted by Crippen LogP contribution is 2.42. The van der Waals surface area contributed by atoms with Crippen LogP contribution in [0.1, 0.15) is 72.6 Å². The molecule has 0 amide bonds. The first kappa shape index (κ1) is 16.3. The highest BCUT2D eigenvalue weighted by Gasteiger charge is 2.39. The van der Waals surface area contributed by atoms with Gasteiger partial charge in [0, 0.05) is 12.1 Å². The zero-order valence-corrected chi connectivity index (χ0v) is 14.2. The van der Waals surface area contributed by atoms with E-state index in [1.807, 2.05) is 0 Å². The van der Waals surface area contributed by atoms with Crippen molar-refractivity contribution < 1.29 is 0 Å². The molecule has 2 heteroatoms. The molecule has 2 N–H and O–H groups in total. The second kappa shape index (κ2) is 6.79. The van der Waals surface area contributed by atoms with Gasteiger partial charge in [0.1, 0.15) is 0 Å². The van der Waals surface area contributed by atoms with E-state index in [4.69, 9.17) is 5.73 Å². The van der Waals surface area contributed by atoms with E-state index in [0.717, 1.165) is 30.5 Å². The van der Waals surface area contributed by atoms with E-state index in [0.29, 0.717) is 5.41 Å². The van der Waals surface area contributed by atoms with Crippen LogP contribution in [0.25, 0.3) is 0 Å². The Hall–Kier alpha value is -0.0800. The minimum atomic E-state index is 0.551. The Morgan fingerprint density at radius 3 is 2.40 bits per heavy atom. The maximum atomic E-state index is 6.07. The summed E-state index contributed by atoms with van der Waals surface area (Å²) < 4.78 is 0. The summed E-state index contributed by atoms with van der Waals surface area (Å²) in [6, 6.07) is 1.55. The summed E-state index contributed by atoms with van der Waals surface area (Å²) in [6.07, 6.45) is 9.68. The third-order valence-corrected chi connectivity index (χ3v) is 6.04. The van der Waals surface area contributed by atoms with Gasteiger partial charge in [-0.25, -0.2) is 0 Å². The summed E-state index contributed by atoms with van der Waals surface area (Å²) in [5.74, 6) is 1.57. The van der Waals surface area contributed by atoms with Gasteiger partial charge in [0.2, 0.25) is 0 Å². The van der Waals surface area contributed by atoms with Crippen molar-refractivity contribution in [2.45, 2.75) is 84.7 Å². The van der Waals surface area contributed by atoms with Crippen LogP contribution >= 0.6 is 0 Å². The molecule has 0 heterocycles. The van der Waals surface area contributed by atoms with Crippen molar-refractivity contribution >= 4 is 0 Å². The van der Waals surface area contributed by atoms with Crippen molar-refractivity contribution in [1.29, 1.82) is 0 Å². The van der Waals surface area contributed by atoms with E-state index in [-0.39, 0.29) is 0 Å². The van der Waals surface area contributed by atoms with Gasteiger partial charge in [-0.3, -0.25) is 4.90 Å². The number of nitrogens with zero attached hydrogens (tertiary/aromatic N) is 1. The summed E-state index contributed by atoms with van der Waals surface area (Å²) >= 11 is 0. The van der Waals surface area contributed by atoms with Crippen LogP contribution in [0.4, 0.5) is 0 Å². The fourth-order valence-electron chi connectivity index (χ4n) is 5.04. The highest BCUT2D eigenvalue weighted by molar-refractivity contribution is 4.93. The summed E-state index contributed by atoms with van der Waals surface area (Å²) in [4.78, 5) is 2.84. The van der Waals surface area contributed by atoms with Crippen molar-refractivity contribution in [3.05, 3.63) is 0 Å². The van der Waals surface area contributed by atoms with Crippen molar-refractivity contribution in [3.63, 3.8) is 0 Å². The molecule has 2 rings (SSSR count). The third-order valence-electron chi connectivity index (χ3n) is 6.04. The van der Waals surface area contributed by atoms with E-state index in [1.165, 1.54) is 51.5 Å². The summed E-state index contributed by atoms with van der Waals surface area (Å²) in [5.41, 5.74) is 6.62. The summed E-state index contributed by atoms with van der Waals surface area (Å²) in [7, 11) is 0. The standard InChI is InChI=1S/C18H36N2/c1-5-20(17-9-7-6-8-15(17)13-19)16-10-11-18(3,4)12-14(16)2/h14-17H,5-13,19H2,1-4H3. The Bertz CT molecular complexity index is 300. The summed E-state index contributed by atoms with van der Waals surface area (Å²) in [5, 5.41) is 0. The normalized spacial score (nSPS) is 38.1. The number of rotatable bonds is 4. The van der Waals surface area contributed by atoms with E-state index in [2.05, 4.69) is 32.6 Å². The Kier molecular flexibility index (Phi) is 5.53.